The zero-order valence-electron chi connectivity index (χ0n) is 12.1. The summed E-state index contributed by atoms with van der Waals surface area (Å²) in [6.07, 6.45) is 3.45. The van der Waals surface area contributed by atoms with E-state index < -0.39 is 0 Å². The standard InChI is InChI=1S/C16H23N3/c1-11-18-13-6-4-5-7-14(13)19(11)15-10-16(2,3)9-8-12(15)17/h4-7,12,15H,8-10,17H2,1-3H3. The van der Waals surface area contributed by atoms with Gasteiger partial charge < -0.3 is 10.3 Å². The smallest absolute Gasteiger partial charge is 0.107 e. The van der Waals surface area contributed by atoms with Gasteiger partial charge in [-0.15, -0.1) is 0 Å². The second-order valence-corrected chi connectivity index (χ2v) is 6.66. The number of rotatable bonds is 1. The molecule has 2 aromatic rings. The zero-order chi connectivity index (χ0) is 13.6. The number of para-hydroxylation sites is 2. The molecular formula is C16H23N3. The number of imidazole rings is 1. The van der Waals surface area contributed by atoms with Crippen LogP contribution < -0.4 is 5.73 Å². The summed E-state index contributed by atoms with van der Waals surface area (Å²) in [5.74, 6) is 1.08. The number of nitrogens with zero attached hydrogens (tertiary/aromatic N) is 2. The summed E-state index contributed by atoms with van der Waals surface area (Å²) in [6.45, 7) is 6.79. The van der Waals surface area contributed by atoms with E-state index in [0.717, 1.165) is 24.2 Å². The Morgan fingerprint density at radius 1 is 1.32 bits per heavy atom. The van der Waals surface area contributed by atoms with Gasteiger partial charge in [0.2, 0.25) is 0 Å². The maximum atomic E-state index is 6.40. The van der Waals surface area contributed by atoms with Crippen LogP contribution in [-0.2, 0) is 0 Å². The molecule has 0 amide bonds. The first-order chi connectivity index (χ1) is 8.98. The van der Waals surface area contributed by atoms with Crippen LogP contribution in [0.1, 0.15) is 45.0 Å². The molecule has 3 rings (SSSR count). The summed E-state index contributed by atoms with van der Waals surface area (Å²) in [6, 6.07) is 8.98. The molecule has 0 saturated heterocycles. The van der Waals surface area contributed by atoms with Gasteiger partial charge in [0.1, 0.15) is 5.82 Å². The Morgan fingerprint density at radius 3 is 2.84 bits per heavy atom. The topological polar surface area (TPSA) is 43.8 Å². The highest BCUT2D eigenvalue weighted by Crippen LogP contribution is 2.41. The van der Waals surface area contributed by atoms with Gasteiger partial charge in [-0.25, -0.2) is 4.98 Å². The summed E-state index contributed by atoms with van der Waals surface area (Å²) >= 11 is 0. The van der Waals surface area contributed by atoms with Gasteiger partial charge in [-0.3, -0.25) is 0 Å². The van der Waals surface area contributed by atoms with Crippen LogP contribution in [0.15, 0.2) is 24.3 Å². The predicted molar refractivity (Wildman–Crippen MR) is 79.1 cm³/mol. The lowest BCUT2D eigenvalue weighted by molar-refractivity contribution is 0.162. The van der Waals surface area contributed by atoms with Crippen LogP contribution in [0.25, 0.3) is 11.0 Å². The molecule has 1 aromatic heterocycles. The monoisotopic (exact) mass is 257 g/mol. The molecule has 0 radical (unpaired) electrons. The van der Waals surface area contributed by atoms with Crippen LogP contribution in [0.5, 0.6) is 0 Å². The number of benzene rings is 1. The number of aryl methyl sites for hydroxylation is 1. The SMILES string of the molecule is Cc1nc2ccccc2n1C1CC(C)(C)CCC1N. The fourth-order valence-corrected chi connectivity index (χ4v) is 3.44. The average Bonchev–Trinajstić information content (AvgIpc) is 2.68. The van der Waals surface area contributed by atoms with E-state index in [-0.39, 0.29) is 6.04 Å². The quantitative estimate of drug-likeness (QED) is 0.850. The highest BCUT2D eigenvalue weighted by atomic mass is 15.1. The number of fused-ring (bicyclic) bond motifs is 1. The van der Waals surface area contributed by atoms with Crippen LogP contribution in [0.2, 0.25) is 0 Å². The van der Waals surface area contributed by atoms with Gasteiger partial charge in [-0.2, -0.15) is 0 Å². The lowest BCUT2D eigenvalue weighted by atomic mass is 9.73. The molecule has 0 aliphatic heterocycles. The highest BCUT2D eigenvalue weighted by Gasteiger charge is 2.35. The van der Waals surface area contributed by atoms with Crippen molar-refractivity contribution in [3.8, 4) is 0 Å². The van der Waals surface area contributed by atoms with Crippen LogP contribution in [0, 0.1) is 12.3 Å². The van der Waals surface area contributed by atoms with Crippen molar-refractivity contribution in [3.63, 3.8) is 0 Å². The minimum Gasteiger partial charge on any atom is -0.326 e. The van der Waals surface area contributed by atoms with Crippen molar-refractivity contribution < 1.29 is 0 Å². The van der Waals surface area contributed by atoms with Crippen LogP contribution >= 0.6 is 0 Å². The molecule has 2 atom stereocenters. The maximum Gasteiger partial charge on any atom is 0.107 e. The van der Waals surface area contributed by atoms with Gasteiger partial charge in [-0.05, 0) is 43.7 Å². The van der Waals surface area contributed by atoms with Crippen molar-refractivity contribution in [3.05, 3.63) is 30.1 Å². The van der Waals surface area contributed by atoms with Crippen molar-refractivity contribution in [2.24, 2.45) is 11.1 Å². The average molecular weight is 257 g/mol. The summed E-state index contributed by atoms with van der Waals surface area (Å²) < 4.78 is 2.36. The van der Waals surface area contributed by atoms with Crippen molar-refractivity contribution in [2.75, 3.05) is 0 Å². The lowest BCUT2D eigenvalue weighted by Gasteiger charge is -2.40. The van der Waals surface area contributed by atoms with Crippen LogP contribution in [-0.4, -0.2) is 15.6 Å². The molecule has 2 N–H and O–H groups in total. The molecule has 1 aromatic carbocycles. The minimum absolute atomic E-state index is 0.240. The molecule has 3 nitrogen and oxygen atoms in total. The predicted octanol–water partition coefficient (Wildman–Crippen LogP) is 3.42. The fourth-order valence-electron chi connectivity index (χ4n) is 3.44. The van der Waals surface area contributed by atoms with Crippen molar-refractivity contribution in [1.82, 2.24) is 9.55 Å². The van der Waals surface area contributed by atoms with Crippen molar-refractivity contribution >= 4 is 11.0 Å². The lowest BCUT2D eigenvalue weighted by Crippen LogP contribution is -2.40. The van der Waals surface area contributed by atoms with E-state index in [1.54, 1.807) is 0 Å². The first kappa shape index (κ1) is 12.7. The number of aromatic nitrogens is 2. The molecule has 0 bridgehead atoms. The van der Waals surface area contributed by atoms with Gasteiger partial charge in [0.25, 0.3) is 0 Å². The Bertz CT molecular complexity index is 597. The van der Waals surface area contributed by atoms with Gasteiger partial charge in [-0.1, -0.05) is 26.0 Å². The van der Waals surface area contributed by atoms with E-state index >= 15 is 0 Å². The normalized spacial score (nSPS) is 26.7. The number of hydrogen-bond donors (Lipinski definition) is 1. The zero-order valence-corrected chi connectivity index (χ0v) is 12.1. The van der Waals surface area contributed by atoms with E-state index in [1.165, 1.54) is 11.9 Å². The molecule has 0 spiro atoms. The summed E-state index contributed by atoms with van der Waals surface area (Å²) in [7, 11) is 0. The second-order valence-electron chi connectivity index (χ2n) is 6.66. The molecule has 1 heterocycles. The largest absolute Gasteiger partial charge is 0.326 e. The fraction of sp³-hybridized carbons (Fsp3) is 0.562. The molecule has 1 fully saturated rings. The van der Waals surface area contributed by atoms with Gasteiger partial charge in [0.05, 0.1) is 17.1 Å². The van der Waals surface area contributed by atoms with Gasteiger partial charge in [0.15, 0.2) is 0 Å². The van der Waals surface area contributed by atoms with E-state index in [4.69, 9.17) is 5.73 Å². The third-order valence-electron chi connectivity index (χ3n) is 4.51. The first-order valence-corrected chi connectivity index (χ1v) is 7.17. The highest BCUT2D eigenvalue weighted by molar-refractivity contribution is 5.76. The minimum atomic E-state index is 0.240. The summed E-state index contributed by atoms with van der Waals surface area (Å²) in [4.78, 5) is 4.68. The molecule has 1 saturated carbocycles. The van der Waals surface area contributed by atoms with Gasteiger partial charge in [0, 0.05) is 6.04 Å². The Hall–Kier alpha value is -1.35. The van der Waals surface area contributed by atoms with E-state index in [2.05, 4.69) is 48.5 Å². The summed E-state index contributed by atoms with van der Waals surface area (Å²) in [5, 5.41) is 0. The third kappa shape index (κ3) is 2.16. The Kier molecular flexibility index (Phi) is 2.90. The second kappa shape index (κ2) is 4.34. The van der Waals surface area contributed by atoms with E-state index in [1.807, 2.05) is 6.07 Å². The molecule has 2 unspecified atom stereocenters. The van der Waals surface area contributed by atoms with Crippen LogP contribution in [0.3, 0.4) is 0 Å². The van der Waals surface area contributed by atoms with E-state index in [9.17, 15) is 0 Å². The number of nitrogens with two attached hydrogens (primary N) is 1. The molecule has 1 aliphatic carbocycles. The molecule has 102 valence electrons. The molecular weight excluding hydrogens is 234 g/mol. The first-order valence-electron chi connectivity index (χ1n) is 7.17. The third-order valence-corrected chi connectivity index (χ3v) is 4.51. The maximum absolute atomic E-state index is 6.40. The van der Waals surface area contributed by atoms with Crippen LogP contribution in [0.4, 0.5) is 0 Å². The van der Waals surface area contributed by atoms with Crippen molar-refractivity contribution in [2.45, 2.75) is 52.1 Å². The number of hydrogen-bond acceptors (Lipinski definition) is 2. The van der Waals surface area contributed by atoms with Gasteiger partial charge >= 0.3 is 0 Å². The summed E-state index contributed by atoms with van der Waals surface area (Å²) in [5.41, 5.74) is 9.08. The molecule has 19 heavy (non-hydrogen) atoms. The Balaban J connectivity index is 2.10. The van der Waals surface area contributed by atoms with Crippen molar-refractivity contribution in [1.29, 1.82) is 0 Å². The Labute approximate surface area is 114 Å². The van der Waals surface area contributed by atoms with E-state index in [0.29, 0.717) is 11.5 Å². The Morgan fingerprint density at radius 2 is 2.05 bits per heavy atom. The molecule has 1 aliphatic rings. The molecule has 3 heteroatoms.